The molecule has 1 aromatic rings. The number of hydrogen-bond acceptors (Lipinski definition) is 4. The lowest BCUT2D eigenvalue weighted by Gasteiger charge is -2.39. The maximum absolute atomic E-state index is 12.7. The molecule has 27 heavy (non-hydrogen) atoms. The van der Waals surface area contributed by atoms with E-state index in [1.807, 2.05) is 20.9 Å². The van der Waals surface area contributed by atoms with Crippen LogP contribution in [0.15, 0.2) is 0 Å². The van der Waals surface area contributed by atoms with Gasteiger partial charge in [-0.2, -0.15) is 5.10 Å². The number of nitrogens with zero attached hydrogens (tertiary/aromatic N) is 3. The number of carbonyl (C=O) groups is 2. The Morgan fingerprint density at radius 3 is 2.70 bits per heavy atom. The topological polar surface area (TPSA) is 81.3 Å². The third-order valence-electron chi connectivity index (χ3n) is 6.16. The average Bonchev–Trinajstić information content (AvgIpc) is 3.28. The van der Waals surface area contributed by atoms with Crippen molar-refractivity contribution in [2.45, 2.75) is 70.9 Å². The number of nitrogens with one attached hydrogen (secondary N) is 2. The Kier molecular flexibility index (Phi) is 6.52. The van der Waals surface area contributed by atoms with Crippen LogP contribution in [0.2, 0.25) is 0 Å². The summed E-state index contributed by atoms with van der Waals surface area (Å²) in [6.07, 6.45) is 6.85. The fourth-order valence-corrected chi connectivity index (χ4v) is 4.50. The van der Waals surface area contributed by atoms with E-state index in [9.17, 15) is 9.59 Å². The SMILES string of the molecule is Cc1n[nH]c(C)c1CCCN(C)C(=O)C[C@@H]1C(=O)NCCN1C1CCCC1. The minimum atomic E-state index is -0.310. The third-order valence-corrected chi connectivity index (χ3v) is 6.16. The van der Waals surface area contributed by atoms with Gasteiger partial charge in [0.15, 0.2) is 0 Å². The molecule has 1 saturated heterocycles. The number of carbonyl (C=O) groups excluding carboxylic acids is 2. The normalized spacial score (nSPS) is 21.4. The van der Waals surface area contributed by atoms with Gasteiger partial charge in [-0.3, -0.25) is 19.6 Å². The van der Waals surface area contributed by atoms with Crippen LogP contribution in [0, 0.1) is 13.8 Å². The molecule has 2 heterocycles. The molecule has 7 heteroatoms. The number of aromatic amines is 1. The molecular formula is C20H33N5O2. The summed E-state index contributed by atoms with van der Waals surface area (Å²) < 4.78 is 0. The first-order valence-corrected chi connectivity index (χ1v) is 10.2. The molecule has 150 valence electrons. The van der Waals surface area contributed by atoms with Crippen molar-refractivity contribution in [3.8, 4) is 0 Å². The highest BCUT2D eigenvalue weighted by atomic mass is 16.2. The minimum Gasteiger partial charge on any atom is -0.353 e. The molecule has 0 aromatic carbocycles. The smallest absolute Gasteiger partial charge is 0.237 e. The second-order valence-electron chi connectivity index (χ2n) is 8.02. The first-order chi connectivity index (χ1) is 13.0. The van der Waals surface area contributed by atoms with Crippen LogP contribution in [-0.4, -0.2) is 70.6 Å². The van der Waals surface area contributed by atoms with Crippen molar-refractivity contribution in [1.82, 2.24) is 25.3 Å². The molecule has 1 aliphatic carbocycles. The highest BCUT2D eigenvalue weighted by Gasteiger charge is 2.37. The standard InChI is InChI=1S/C20H33N5O2/c1-14-17(15(2)23-22-14)9-6-11-24(3)19(26)13-18-20(27)21-10-12-25(18)16-7-4-5-8-16/h16,18H,4-13H2,1-3H3,(H,21,27)(H,22,23)/t18-/m1/s1. The summed E-state index contributed by atoms with van der Waals surface area (Å²) in [5, 5.41) is 10.2. The summed E-state index contributed by atoms with van der Waals surface area (Å²) in [5.74, 6) is 0.0697. The average molecular weight is 376 g/mol. The second-order valence-corrected chi connectivity index (χ2v) is 8.02. The van der Waals surface area contributed by atoms with Crippen molar-refractivity contribution in [2.24, 2.45) is 0 Å². The van der Waals surface area contributed by atoms with Gasteiger partial charge in [0.2, 0.25) is 11.8 Å². The zero-order valence-electron chi connectivity index (χ0n) is 16.9. The quantitative estimate of drug-likeness (QED) is 0.758. The zero-order valence-corrected chi connectivity index (χ0v) is 16.9. The number of hydrogen-bond donors (Lipinski definition) is 2. The van der Waals surface area contributed by atoms with Gasteiger partial charge in [0.1, 0.15) is 0 Å². The Hall–Kier alpha value is -1.89. The molecular weight excluding hydrogens is 342 g/mol. The van der Waals surface area contributed by atoms with Crippen LogP contribution in [0.1, 0.15) is 55.5 Å². The molecule has 2 aliphatic rings. The lowest BCUT2D eigenvalue weighted by molar-refractivity contribution is -0.139. The summed E-state index contributed by atoms with van der Waals surface area (Å²) in [6.45, 7) is 6.29. The predicted octanol–water partition coefficient (Wildman–Crippen LogP) is 1.55. The van der Waals surface area contributed by atoms with Gasteiger partial charge >= 0.3 is 0 Å². The maximum atomic E-state index is 12.7. The number of piperazine rings is 1. The third kappa shape index (κ3) is 4.69. The van der Waals surface area contributed by atoms with Crippen LogP contribution in [0.3, 0.4) is 0 Å². The van der Waals surface area contributed by atoms with Crippen molar-refractivity contribution in [1.29, 1.82) is 0 Å². The van der Waals surface area contributed by atoms with Crippen LogP contribution in [0.5, 0.6) is 0 Å². The molecule has 2 N–H and O–H groups in total. The molecule has 1 aromatic heterocycles. The van der Waals surface area contributed by atoms with E-state index in [-0.39, 0.29) is 24.3 Å². The minimum absolute atomic E-state index is 0.0135. The Labute approximate surface area is 161 Å². The Morgan fingerprint density at radius 1 is 1.30 bits per heavy atom. The molecule has 2 fully saturated rings. The first kappa shape index (κ1) is 19.9. The molecule has 0 unspecified atom stereocenters. The highest BCUT2D eigenvalue weighted by Crippen LogP contribution is 2.27. The van der Waals surface area contributed by atoms with Crippen LogP contribution in [0.4, 0.5) is 0 Å². The summed E-state index contributed by atoms with van der Waals surface area (Å²) >= 11 is 0. The number of H-pyrrole nitrogens is 1. The summed E-state index contributed by atoms with van der Waals surface area (Å²) in [6, 6.07) is 0.154. The van der Waals surface area contributed by atoms with E-state index < -0.39 is 0 Å². The summed E-state index contributed by atoms with van der Waals surface area (Å²) in [4.78, 5) is 29.2. The van der Waals surface area contributed by atoms with Crippen molar-refractivity contribution in [2.75, 3.05) is 26.7 Å². The van der Waals surface area contributed by atoms with Gasteiger partial charge in [-0.25, -0.2) is 0 Å². The van der Waals surface area contributed by atoms with Gasteiger partial charge in [-0.15, -0.1) is 0 Å². The molecule has 2 amide bonds. The number of aryl methyl sites for hydroxylation is 2. The fraction of sp³-hybridized carbons (Fsp3) is 0.750. The van der Waals surface area contributed by atoms with Crippen molar-refractivity contribution in [3.63, 3.8) is 0 Å². The molecule has 0 radical (unpaired) electrons. The van der Waals surface area contributed by atoms with Crippen LogP contribution >= 0.6 is 0 Å². The molecule has 1 atom stereocenters. The van der Waals surface area contributed by atoms with E-state index in [2.05, 4.69) is 20.4 Å². The largest absolute Gasteiger partial charge is 0.353 e. The van der Waals surface area contributed by atoms with Crippen LogP contribution in [-0.2, 0) is 16.0 Å². The van der Waals surface area contributed by atoms with Gasteiger partial charge in [0.05, 0.1) is 18.2 Å². The molecule has 3 rings (SSSR count). The molecule has 0 spiro atoms. The summed E-state index contributed by atoms with van der Waals surface area (Å²) in [5.41, 5.74) is 3.38. The molecule has 1 saturated carbocycles. The Balaban J connectivity index is 1.52. The van der Waals surface area contributed by atoms with Gasteiger partial charge in [0, 0.05) is 38.4 Å². The zero-order chi connectivity index (χ0) is 19.4. The van der Waals surface area contributed by atoms with Crippen LogP contribution in [0.25, 0.3) is 0 Å². The lowest BCUT2D eigenvalue weighted by atomic mass is 10.0. The van der Waals surface area contributed by atoms with Crippen molar-refractivity contribution < 1.29 is 9.59 Å². The second kappa shape index (κ2) is 8.87. The molecule has 0 bridgehead atoms. The lowest BCUT2D eigenvalue weighted by Crippen LogP contribution is -2.59. The maximum Gasteiger partial charge on any atom is 0.237 e. The molecule has 7 nitrogen and oxygen atoms in total. The Morgan fingerprint density at radius 2 is 2.04 bits per heavy atom. The van der Waals surface area contributed by atoms with Crippen LogP contribution < -0.4 is 5.32 Å². The predicted molar refractivity (Wildman–Crippen MR) is 104 cm³/mol. The van der Waals surface area contributed by atoms with E-state index in [1.165, 1.54) is 18.4 Å². The van der Waals surface area contributed by atoms with E-state index in [0.717, 1.165) is 43.6 Å². The van der Waals surface area contributed by atoms with E-state index >= 15 is 0 Å². The monoisotopic (exact) mass is 375 g/mol. The van der Waals surface area contributed by atoms with E-state index in [0.29, 0.717) is 19.1 Å². The van der Waals surface area contributed by atoms with Crippen molar-refractivity contribution in [3.05, 3.63) is 17.0 Å². The van der Waals surface area contributed by atoms with Crippen molar-refractivity contribution >= 4 is 11.8 Å². The number of rotatable bonds is 7. The number of amides is 2. The van der Waals surface area contributed by atoms with E-state index in [1.54, 1.807) is 4.90 Å². The van der Waals surface area contributed by atoms with Gasteiger partial charge in [0.25, 0.3) is 0 Å². The fourth-order valence-electron chi connectivity index (χ4n) is 4.50. The van der Waals surface area contributed by atoms with E-state index in [4.69, 9.17) is 0 Å². The first-order valence-electron chi connectivity index (χ1n) is 10.2. The Bertz CT molecular complexity index is 646. The highest BCUT2D eigenvalue weighted by molar-refractivity contribution is 5.88. The van der Waals surface area contributed by atoms with Gasteiger partial charge in [-0.05, 0) is 45.1 Å². The molecule has 1 aliphatic heterocycles. The van der Waals surface area contributed by atoms with Gasteiger partial charge in [-0.1, -0.05) is 12.8 Å². The summed E-state index contributed by atoms with van der Waals surface area (Å²) in [7, 11) is 1.85. The van der Waals surface area contributed by atoms with Gasteiger partial charge < -0.3 is 10.2 Å². The number of aromatic nitrogens is 2.